The summed E-state index contributed by atoms with van der Waals surface area (Å²) in [7, 11) is -8.29. The van der Waals surface area contributed by atoms with Crippen LogP contribution in [0.15, 0.2) is 28.0 Å². The summed E-state index contributed by atoms with van der Waals surface area (Å²) in [5.41, 5.74) is 0.400. The maximum atomic E-state index is 12.8. The molecule has 0 bridgehead atoms. The summed E-state index contributed by atoms with van der Waals surface area (Å²) in [6.45, 7) is 5.32. The molecule has 2 N–H and O–H groups in total. The number of amides is 2. The fraction of sp³-hybridized carbons (Fsp3) is 0.412. The molecule has 1 aromatic heterocycles. The van der Waals surface area contributed by atoms with Gasteiger partial charge in [-0.1, -0.05) is 19.1 Å². The number of hydrogen-bond acceptors (Lipinski definition) is 9. The Hall–Kier alpha value is -2.80. The largest absolute Gasteiger partial charge is 0.464 e. The number of carbonyl (C=O) groups is 1. The molecule has 3 rings (SSSR count). The monoisotopic (exact) mass is 455 g/mol. The molecule has 13 heteroatoms. The number of aryl methyl sites for hydroxylation is 1. The van der Waals surface area contributed by atoms with E-state index in [1.807, 2.05) is 4.72 Å². The van der Waals surface area contributed by atoms with Crippen molar-refractivity contribution in [1.29, 1.82) is 0 Å². The zero-order valence-electron chi connectivity index (χ0n) is 16.5. The highest BCUT2D eigenvalue weighted by Crippen LogP contribution is 2.35. The Bertz CT molecular complexity index is 1200. The molecule has 2 heterocycles. The molecule has 0 spiro atoms. The molecule has 1 atom stereocenters. The summed E-state index contributed by atoms with van der Waals surface area (Å²) < 4.78 is 57.7. The molecule has 0 radical (unpaired) electrons. The van der Waals surface area contributed by atoms with Crippen LogP contribution in [0.3, 0.4) is 0 Å². The fourth-order valence-electron chi connectivity index (χ4n) is 2.99. The van der Waals surface area contributed by atoms with Crippen molar-refractivity contribution in [2.45, 2.75) is 48.7 Å². The van der Waals surface area contributed by atoms with Crippen molar-refractivity contribution in [3.8, 4) is 6.01 Å². The summed E-state index contributed by atoms with van der Waals surface area (Å²) >= 11 is 0. The van der Waals surface area contributed by atoms with Gasteiger partial charge in [0.15, 0.2) is 9.84 Å². The van der Waals surface area contributed by atoms with Crippen molar-refractivity contribution in [3.05, 3.63) is 29.6 Å². The minimum absolute atomic E-state index is 0.0107. The zero-order chi connectivity index (χ0) is 22.1. The van der Waals surface area contributed by atoms with Crippen LogP contribution in [0, 0.1) is 0 Å². The first kappa shape index (κ1) is 21.9. The Kier molecular flexibility index (Phi) is 5.94. The zero-order valence-corrected chi connectivity index (χ0v) is 18.2. The summed E-state index contributed by atoms with van der Waals surface area (Å²) in [5, 5.41) is 1.47. The average Bonchev–Trinajstić information content (AvgIpc) is 2.90. The lowest BCUT2D eigenvalue weighted by Crippen LogP contribution is -2.35. The third kappa shape index (κ3) is 4.21. The van der Waals surface area contributed by atoms with E-state index in [4.69, 9.17) is 4.74 Å². The van der Waals surface area contributed by atoms with E-state index < -0.39 is 36.0 Å². The SMILES string of the molecule is CCOc1nc(CC)nc(NC(=O)NS(=O)(=O)c2cccc3c2S(=O)(=O)C(C)C3)n1. The standard InChI is InChI=1S/C17H21N5O6S2/c1-4-13-18-15(21-17(19-13)28-5-2)20-16(23)22-30(26,27)12-8-6-7-11-9-10(3)29(24,25)14(11)12/h6-8,10H,4-5,9H2,1-3H3,(H2,18,19,20,21,22,23). The number of carbonyl (C=O) groups excluding carboxylic acids is 1. The number of aromatic nitrogens is 3. The first-order valence-electron chi connectivity index (χ1n) is 9.15. The number of urea groups is 1. The molecule has 2 amide bonds. The molecule has 162 valence electrons. The highest BCUT2D eigenvalue weighted by Gasteiger charge is 2.39. The lowest BCUT2D eigenvalue weighted by molar-refractivity contribution is 0.256. The van der Waals surface area contributed by atoms with Crippen molar-refractivity contribution < 1.29 is 26.4 Å². The third-order valence-electron chi connectivity index (χ3n) is 4.37. The van der Waals surface area contributed by atoms with Crippen LogP contribution >= 0.6 is 0 Å². The number of sulfone groups is 1. The average molecular weight is 456 g/mol. The molecule has 1 unspecified atom stereocenters. The van der Waals surface area contributed by atoms with Gasteiger partial charge in [0.1, 0.15) is 10.7 Å². The number of sulfonamides is 1. The summed E-state index contributed by atoms with van der Waals surface area (Å²) in [5.74, 6) is 0.144. The van der Waals surface area contributed by atoms with E-state index in [9.17, 15) is 21.6 Å². The first-order valence-corrected chi connectivity index (χ1v) is 12.2. The predicted octanol–water partition coefficient (Wildman–Crippen LogP) is 1.06. The molecule has 2 aromatic rings. The van der Waals surface area contributed by atoms with E-state index in [-0.39, 0.29) is 23.3 Å². The maximum Gasteiger partial charge on any atom is 0.335 e. The number of fused-ring (bicyclic) bond motifs is 1. The van der Waals surface area contributed by atoms with E-state index in [0.717, 1.165) is 6.07 Å². The van der Waals surface area contributed by atoms with Gasteiger partial charge >= 0.3 is 12.0 Å². The Morgan fingerprint density at radius 3 is 2.63 bits per heavy atom. The van der Waals surface area contributed by atoms with Crippen molar-refractivity contribution >= 4 is 31.8 Å². The van der Waals surface area contributed by atoms with Crippen LogP contribution in [-0.2, 0) is 32.7 Å². The van der Waals surface area contributed by atoms with Crippen molar-refractivity contribution in [3.63, 3.8) is 0 Å². The van der Waals surface area contributed by atoms with Crippen LogP contribution in [-0.4, -0.2) is 49.7 Å². The summed E-state index contributed by atoms with van der Waals surface area (Å²) in [6, 6.07) is 2.99. The molecule has 0 saturated carbocycles. The quantitative estimate of drug-likeness (QED) is 0.650. The second-order valence-corrected chi connectivity index (χ2v) is 10.5. The summed E-state index contributed by atoms with van der Waals surface area (Å²) in [4.78, 5) is 23.5. The number of benzene rings is 1. The lowest BCUT2D eigenvalue weighted by Gasteiger charge is -2.12. The van der Waals surface area contributed by atoms with Gasteiger partial charge in [-0.05, 0) is 31.9 Å². The lowest BCUT2D eigenvalue weighted by atomic mass is 10.1. The van der Waals surface area contributed by atoms with Crippen LogP contribution in [0.25, 0.3) is 0 Å². The van der Waals surface area contributed by atoms with Crippen molar-refractivity contribution in [2.24, 2.45) is 0 Å². The van der Waals surface area contributed by atoms with Crippen molar-refractivity contribution in [2.75, 3.05) is 11.9 Å². The normalized spacial score (nSPS) is 17.2. The minimum atomic E-state index is -4.48. The smallest absolute Gasteiger partial charge is 0.335 e. The molecule has 1 aromatic carbocycles. The molecular formula is C17H21N5O6S2. The maximum absolute atomic E-state index is 12.8. The Balaban J connectivity index is 1.87. The second-order valence-electron chi connectivity index (χ2n) is 6.51. The second kappa shape index (κ2) is 8.14. The number of rotatable bonds is 6. The van der Waals surface area contributed by atoms with E-state index >= 15 is 0 Å². The molecule has 0 saturated heterocycles. The highest BCUT2D eigenvalue weighted by atomic mass is 32.2. The molecule has 0 fully saturated rings. The summed E-state index contributed by atoms with van der Waals surface area (Å²) in [6.07, 6.45) is 0.640. The molecule has 30 heavy (non-hydrogen) atoms. The van der Waals surface area contributed by atoms with Crippen LogP contribution in [0.2, 0.25) is 0 Å². The number of anilines is 1. The molecule has 1 aliphatic rings. The van der Waals surface area contributed by atoms with Gasteiger partial charge in [-0.3, -0.25) is 5.32 Å². The molecule has 1 aliphatic heterocycles. The van der Waals surface area contributed by atoms with E-state index in [1.165, 1.54) is 13.0 Å². The van der Waals surface area contributed by atoms with Gasteiger partial charge in [-0.2, -0.15) is 15.0 Å². The van der Waals surface area contributed by atoms with Crippen LogP contribution in [0.5, 0.6) is 6.01 Å². The van der Waals surface area contributed by atoms with Crippen LogP contribution in [0.4, 0.5) is 10.7 Å². The third-order valence-corrected chi connectivity index (χ3v) is 8.15. The van der Waals surface area contributed by atoms with Gasteiger partial charge in [0, 0.05) is 6.42 Å². The van der Waals surface area contributed by atoms with E-state index in [1.54, 1.807) is 19.9 Å². The van der Waals surface area contributed by atoms with E-state index in [2.05, 4.69) is 20.3 Å². The number of hydrogen-bond donors (Lipinski definition) is 2. The van der Waals surface area contributed by atoms with Gasteiger partial charge in [0.05, 0.1) is 16.8 Å². The molecular weight excluding hydrogens is 434 g/mol. The Labute approximate surface area is 174 Å². The van der Waals surface area contributed by atoms with Crippen molar-refractivity contribution in [1.82, 2.24) is 19.7 Å². The number of nitrogens with zero attached hydrogens (tertiary/aromatic N) is 3. The topological polar surface area (TPSA) is 157 Å². The Morgan fingerprint density at radius 1 is 1.23 bits per heavy atom. The van der Waals surface area contributed by atoms with E-state index in [0.29, 0.717) is 24.4 Å². The van der Waals surface area contributed by atoms with Gasteiger partial charge in [-0.15, -0.1) is 0 Å². The predicted molar refractivity (Wildman–Crippen MR) is 107 cm³/mol. The van der Waals surface area contributed by atoms with Gasteiger partial charge in [-0.25, -0.2) is 26.4 Å². The Morgan fingerprint density at radius 2 is 1.97 bits per heavy atom. The fourth-order valence-corrected chi connectivity index (χ4v) is 6.37. The number of nitrogens with one attached hydrogen (secondary N) is 2. The van der Waals surface area contributed by atoms with Gasteiger partial charge in [0.25, 0.3) is 10.0 Å². The number of ether oxygens (including phenoxy) is 1. The van der Waals surface area contributed by atoms with Gasteiger partial charge < -0.3 is 4.74 Å². The minimum Gasteiger partial charge on any atom is -0.464 e. The highest BCUT2D eigenvalue weighted by molar-refractivity contribution is 7.94. The molecule has 0 aliphatic carbocycles. The van der Waals surface area contributed by atoms with Crippen LogP contribution in [0.1, 0.15) is 32.2 Å². The first-order chi connectivity index (χ1) is 14.1. The molecule has 11 nitrogen and oxygen atoms in total. The van der Waals surface area contributed by atoms with Crippen LogP contribution < -0.4 is 14.8 Å². The van der Waals surface area contributed by atoms with Gasteiger partial charge in [0.2, 0.25) is 5.95 Å².